The molecule has 170 valence electrons. The lowest BCUT2D eigenvalue weighted by atomic mass is 10.2. The Hall–Kier alpha value is -3.04. The van der Waals surface area contributed by atoms with Gasteiger partial charge in [-0.2, -0.15) is 8.78 Å². The van der Waals surface area contributed by atoms with Crippen LogP contribution in [0.25, 0.3) is 0 Å². The molecule has 0 aliphatic carbocycles. The highest BCUT2D eigenvalue weighted by molar-refractivity contribution is 8.00. The molecule has 0 spiro atoms. The third kappa shape index (κ3) is 6.06. The number of para-hydroxylation sites is 2. The molecule has 0 unspecified atom stereocenters. The van der Waals surface area contributed by atoms with Gasteiger partial charge in [0, 0.05) is 26.9 Å². The molecule has 0 radical (unpaired) electrons. The second kappa shape index (κ2) is 10.7. The van der Waals surface area contributed by atoms with Gasteiger partial charge in [-0.05, 0) is 48.5 Å². The Labute approximate surface area is 198 Å². The van der Waals surface area contributed by atoms with Crippen molar-refractivity contribution in [2.24, 2.45) is 0 Å². The summed E-state index contributed by atoms with van der Waals surface area (Å²) in [5, 5.41) is 2.58. The van der Waals surface area contributed by atoms with E-state index in [-0.39, 0.29) is 6.42 Å². The molecule has 0 saturated carbocycles. The molecule has 0 saturated heterocycles. The van der Waals surface area contributed by atoms with Gasteiger partial charge < -0.3 is 15.0 Å². The van der Waals surface area contributed by atoms with E-state index in [0.29, 0.717) is 28.9 Å². The molecule has 0 aromatic heterocycles. The second-order valence-corrected chi connectivity index (χ2v) is 9.20. The number of carbonyl (C=O) groups excluding carboxylic acids is 2. The minimum absolute atomic E-state index is 0.111. The van der Waals surface area contributed by atoms with Crippen molar-refractivity contribution in [3.05, 3.63) is 72.8 Å². The lowest BCUT2D eigenvalue weighted by Gasteiger charge is -2.32. The van der Waals surface area contributed by atoms with Crippen molar-refractivity contribution in [1.29, 1.82) is 0 Å². The first-order valence-electron chi connectivity index (χ1n) is 10.1. The second-order valence-electron chi connectivity index (χ2n) is 7.05. The molecule has 1 aliphatic rings. The molecule has 0 atom stereocenters. The molecule has 0 fully saturated rings. The first kappa shape index (κ1) is 23.1. The number of amides is 1. The summed E-state index contributed by atoms with van der Waals surface area (Å²) in [7, 11) is 0. The van der Waals surface area contributed by atoms with Crippen molar-refractivity contribution in [3.63, 3.8) is 0 Å². The van der Waals surface area contributed by atoms with Gasteiger partial charge in [0.15, 0.2) is 6.61 Å². The van der Waals surface area contributed by atoms with Gasteiger partial charge in [-0.1, -0.05) is 47.8 Å². The fraction of sp³-hybridized carbons (Fsp3) is 0.167. The number of esters is 1. The molecular weight excluding hydrogens is 466 g/mol. The number of carbonyl (C=O) groups is 2. The average molecular weight is 487 g/mol. The molecule has 0 bridgehead atoms. The number of fused-ring (bicyclic) bond motifs is 2. The molecule has 1 N–H and O–H groups in total. The summed E-state index contributed by atoms with van der Waals surface area (Å²) in [6, 6.07) is 22.0. The smallest absolute Gasteiger partial charge is 0.308 e. The Kier molecular flexibility index (Phi) is 7.51. The monoisotopic (exact) mass is 486 g/mol. The summed E-state index contributed by atoms with van der Waals surface area (Å²) in [5.74, 6) is -3.49. The van der Waals surface area contributed by atoms with E-state index in [2.05, 4.69) is 10.2 Å². The van der Waals surface area contributed by atoms with Gasteiger partial charge in [-0.3, -0.25) is 9.59 Å². The van der Waals surface area contributed by atoms with E-state index in [1.807, 2.05) is 48.5 Å². The molecule has 3 aromatic rings. The predicted molar refractivity (Wildman–Crippen MR) is 127 cm³/mol. The molecular formula is C24H20F2N2O3S2. The summed E-state index contributed by atoms with van der Waals surface area (Å²) in [4.78, 5) is 29.1. The minimum Gasteiger partial charge on any atom is -0.456 e. The standard InChI is InChI=1S/C24H20F2N2O3S2/c25-24(26)32-17-11-9-16(10-12-17)27-22(29)15-31-23(30)13-14-28-18-5-1-3-7-20(18)33-21-8-4-2-6-19(21)28/h1-12,24H,13-15H2,(H,27,29). The zero-order valence-electron chi connectivity index (χ0n) is 17.4. The molecule has 33 heavy (non-hydrogen) atoms. The van der Waals surface area contributed by atoms with Gasteiger partial charge >= 0.3 is 5.97 Å². The van der Waals surface area contributed by atoms with Crippen LogP contribution in [0.15, 0.2) is 87.5 Å². The number of nitrogens with zero attached hydrogens (tertiary/aromatic N) is 1. The van der Waals surface area contributed by atoms with E-state index in [1.54, 1.807) is 11.8 Å². The van der Waals surface area contributed by atoms with Crippen LogP contribution in [0, 0.1) is 0 Å². The summed E-state index contributed by atoms with van der Waals surface area (Å²) >= 11 is 2.12. The number of nitrogens with one attached hydrogen (secondary N) is 1. The maximum absolute atomic E-state index is 12.4. The predicted octanol–water partition coefficient (Wildman–Crippen LogP) is 6.18. The van der Waals surface area contributed by atoms with Crippen molar-refractivity contribution in [2.75, 3.05) is 23.4 Å². The summed E-state index contributed by atoms with van der Waals surface area (Å²) in [5.41, 5.74) is 2.49. The highest BCUT2D eigenvalue weighted by atomic mass is 32.2. The van der Waals surface area contributed by atoms with Crippen LogP contribution in [0.3, 0.4) is 0 Å². The number of halogens is 2. The van der Waals surface area contributed by atoms with E-state index < -0.39 is 24.2 Å². The van der Waals surface area contributed by atoms with Crippen molar-refractivity contribution in [3.8, 4) is 0 Å². The molecule has 1 aliphatic heterocycles. The topological polar surface area (TPSA) is 58.6 Å². The van der Waals surface area contributed by atoms with E-state index in [4.69, 9.17) is 4.74 Å². The number of benzene rings is 3. The summed E-state index contributed by atoms with van der Waals surface area (Å²) in [6.45, 7) is -0.00625. The van der Waals surface area contributed by atoms with Crippen molar-refractivity contribution < 1.29 is 23.1 Å². The number of thioether (sulfide) groups is 1. The van der Waals surface area contributed by atoms with Crippen molar-refractivity contribution in [1.82, 2.24) is 0 Å². The van der Waals surface area contributed by atoms with Crippen molar-refractivity contribution in [2.45, 2.75) is 26.9 Å². The molecule has 9 heteroatoms. The van der Waals surface area contributed by atoms with Gasteiger partial charge in [0.2, 0.25) is 0 Å². The molecule has 4 rings (SSSR count). The average Bonchev–Trinajstić information content (AvgIpc) is 2.81. The quantitative estimate of drug-likeness (QED) is 0.303. The lowest BCUT2D eigenvalue weighted by molar-refractivity contribution is -0.147. The lowest BCUT2D eigenvalue weighted by Crippen LogP contribution is -2.26. The van der Waals surface area contributed by atoms with Gasteiger partial charge in [0.25, 0.3) is 11.7 Å². The number of ether oxygens (including phenoxy) is 1. The molecule has 5 nitrogen and oxygen atoms in total. The van der Waals surface area contributed by atoms with Crippen LogP contribution in [0.4, 0.5) is 25.8 Å². The number of alkyl halides is 2. The maximum Gasteiger partial charge on any atom is 0.308 e. The zero-order valence-corrected chi connectivity index (χ0v) is 19.0. The summed E-state index contributed by atoms with van der Waals surface area (Å²) < 4.78 is 29.9. The van der Waals surface area contributed by atoms with Crippen LogP contribution < -0.4 is 10.2 Å². The van der Waals surface area contributed by atoms with Crippen LogP contribution >= 0.6 is 23.5 Å². The Morgan fingerprint density at radius 3 is 2.15 bits per heavy atom. The van der Waals surface area contributed by atoms with E-state index in [9.17, 15) is 18.4 Å². The number of anilines is 3. The van der Waals surface area contributed by atoms with Gasteiger partial charge in [0.05, 0.1) is 17.8 Å². The van der Waals surface area contributed by atoms with Crippen LogP contribution in [-0.4, -0.2) is 30.8 Å². The van der Waals surface area contributed by atoms with Gasteiger partial charge in [0.1, 0.15) is 0 Å². The van der Waals surface area contributed by atoms with Gasteiger partial charge in [-0.25, -0.2) is 0 Å². The molecule has 1 amide bonds. The largest absolute Gasteiger partial charge is 0.456 e. The SMILES string of the molecule is O=C(COC(=O)CCN1c2ccccc2Sc2ccccc21)Nc1ccc(SC(F)F)cc1. The third-order valence-corrected chi connectivity index (χ3v) is 6.65. The van der Waals surface area contributed by atoms with E-state index >= 15 is 0 Å². The fourth-order valence-electron chi connectivity index (χ4n) is 3.36. The van der Waals surface area contributed by atoms with Crippen LogP contribution in [0.2, 0.25) is 0 Å². The Bertz CT molecular complexity index is 1100. The normalized spacial score (nSPS) is 12.2. The Morgan fingerprint density at radius 2 is 1.55 bits per heavy atom. The van der Waals surface area contributed by atoms with Gasteiger partial charge in [-0.15, -0.1) is 0 Å². The Balaban J connectivity index is 1.29. The molecule has 1 heterocycles. The van der Waals surface area contributed by atoms with Crippen LogP contribution in [-0.2, 0) is 14.3 Å². The fourth-order valence-corrected chi connectivity index (χ4v) is 4.95. The highest BCUT2D eigenvalue weighted by Crippen LogP contribution is 2.47. The number of rotatable bonds is 8. The van der Waals surface area contributed by atoms with Crippen LogP contribution in [0.1, 0.15) is 6.42 Å². The third-order valence-electron chi connectivity index (χ3n) is 4.80. The van der Waals surface area contributed by atoms with Crippen molar-refractivity contribution >= 4 is 52.5 Å². The first-order valence-corrected chi connectivity index (χ1v) is 11.8. The maximum atomic E-state index is 12.4. The summed E-state index contributed by atoms with van der Waals surface area (Å²) in [6.07, 6.45) is 0.111. The van der Waals surface area contributed by atoms with E-state index in [1.165, 1.54) is 24.3 Å². The van der Waals surface area contributed by atoms with Crippen LogP contribution in [0.5, 0.6) is 0 Å². The number of hydrogen-bond acceptors (Lipinski definition) is 6. The molecule has 3 aromatic carbocycles. The number of hydrogen-bond donors (Lipinski definition) is 1. The first-order chi connectivity index (χ1) is 16.0. The Morgan fingerprint density at radius 1 is 0.939 bits per heavy atom. The van der Waals surface area contributed by atoms with E-state index in [0.717, 1.165) is 21.2 Å². The minimum atomic E-state index is -2.50. The zero-order chi connectivity index (χ0) is 23.2. The highest BCUT2D eigenvalue weighted by Gasteiger charge is 2.23.